The highest BCUT2D eigenvalue weighted by atomic mass is 16.2. The molecular weight excluding hydrogens is 264 g/mol. The summed E-state index contributed by atoms with van der Waals surface area (Å²) in [4.78, 5) is 14.8. The first-order valence-electron chi connectivity index (χ1n) is 7.33. The fourth-order valence-electron chi connectivity index (χ4n) is 2.79. The molecule has 21 heavy (non-hydrogen) atoms. The third-order valence-corrected chi connectivity index (χ3v) is 3.83. The predicted octanol–water partition coefficient (Wildman–Crippen LogP) is 1.73. The number of hydrogen-bond acceptors (Lipinski definition) is 3. The van der Waals surface area contributed by atoms with E-state index in [1.807, 2.05) is 43.3 Å². The van der Waals surface area contributed by atoms with Crippen LogP contribution in [0.25, 0.3) is 0 Å². The molecular formula is C16H20N4O. The van der Waals surface area contributed by atoms with Gasteiger partial charge in [0.25, 0.3) is 5.91 Å². The number of nitrogens with zero attached hydrogens (tertiary/aromatic N) is 3. The molecule has 1 aliphatic rings. The highest BCUT2D eigenvalue weighted by molar-refractivity contribution is 6.07. The highest BCUT2D eigenvalue weighted by Gasteiger charge is 2.25. The number of fused-ring (bicyclic) bond motifs is 1. The van der Waals surface area contributed by atoms with Crippen LogP contribution in [0.4, 0.5) is 5.69 Å². The van der Waals surface area contributed by atoms with E-state index >= 15 is 0 Å². The molecule has 0 saturated carbocycles. The number of carbonyl (C=O) groups is 1. The normalized spacial score (nSPS) is 14.7. The third kappa shape index (κ3) is 2.56. The lowest BCUT2D eigenvalue weighted by Crippen LogP contribution is -2.35. The number of aryl methyl sites for hydroxylation is 2. The van der Waals surface area contributed by atoms with Crippen molar-refractivity contribution in [2.75, 3.05) is 18.0 Å². The summed E-state index contributed by atoms with van der Waals surface area (Å²) in [5, 5.41) is 7.74. The molecule has 1 amide bonds. The fourth-order valence-corrected chi connectivity index (χ4v) is 2.79. The topological polar surface area (TPSA) is 50.2 Å². The highest BCUT2D eigenvalue weighted by Crippen LogP contribution is 2.24. The van der Waals surface area contributed by atoms with Crippen LogP contribution in [0, 0.1) is 0 Å². The molecule has 0 spiro atoms. The zero-order chi connectivity index (χ0) is 14.8. The van der Waals surface area contributed by atoms with Crippen LogP contribution in [0.1, 0.15) is 28.5 Å². The summed E-state index contributed by atoms with van der Waals surface area (Å²) in [6.07, 6.45) is 2.58. The molecule has 1 N–H and O–H groups in total. The monoisotopic (exact) mass is 284 g/mol. The van der Waals surface area contributed by atoms with Crippen molar-refractivity contribution in [2.45, 2.75) is 19.9 Å². The first-order valence-corrected chi connectivity index (χ1v) is 7.33. The molecule has 0 bridgehead atoms. The van der Waals surface area contributed by atoms with Crippen LogP contribution in [0.2, 0.25) is 0 Å². The minimum atomic E-state index is 0.0381. The summed E-state index contributed by atoms with van der Waals surface area (Å²) in [5.74, 6) is 0.0381. The van der Waals surface area contributed by atoms with E-state index in [-0.39, 0.29) is 5.91 Å². The van der Waals surface area contributed by atoms with Gasteiger partial charge in [-0.15, -0.1) is 0 Å². The zero-order valence-corrected chi connectivity index (χ0v) is 12.5. The first kappa shape index (κ1) is 13.8. The molecule has 5 nitrogen and oxygen atoms in total. The van der Waals surface area contributed by atoms with Crippen LogP contribution in [0.5, 0.6) is 0 Å². The SMILES string of the molecule is CCc1nn(C)cc1C(=O)N1CCNCc2ccccc21. The van der Waals surface area contributed by atoms with Gasteiger partial charge in [-0.05, 0) is 18.1 Å². The van der Waals surface area contributed by atoms with Gasteiger partial charge in [0.2, 0.25) is 0 Å². The Labute approximate surface area is 124 Å². The maximum atomic E-state index is 13.0. The van der Waals surface area contributed by atoms with Crippen molar-refractivity contribution < 1.29 is 4.79 Å². The maximum Gasteiger partial charge on any atom is 0.261 e. The smallest absolute Gasteiger partial charge is 0.261 e. The summed E-state index contributed by atoms with van der Waals surface area (Å²) in [6.45, 7) is 4.29. The number of benzene rings is 1. The summed E-state index contributed by atoms with van der Waals surface area (Å²) in [7, 11) is 1.86. The lowest BCUT2D eigenvalue weighted by atomic mass is 10.1. The van der Waals surface area contributed by atoms with E-state index in [0.29, 0.717) is 12.1 Å². The van der Waals surface area contributed by atoms with E-state index < -0.39 is 0 Å². The van der Waals surface area contributed by atoms with Crippen LogP contribution in [0.15, 0.2) is 30.5 Å². The number of nitrogens with one attached hydrogen (secondary N) is 1. The van der Waals surface area contributed by atoms with Crippen molar-refractivity contribution in [3.63, 3.8) is 0 Å². The van der Waals surface area contributed by atoms with Crippen molar-refractivity contribution >= 4 is 11.6 Å². The largest absolute Gasteiger partial charge is 0.311 e. The van der Waals surface area contributed by atoms with Gasteiger partial charge in [-0.2, -0.15) is 5.10 Å². The van der Waals surface area contributed by atoms with Gasteiger partial charge in [-0.1, -0.05) is 25.1 Å². The summed E-state index contributed by atoms with van der Waals surface area (Å²) < 4.78 is 1.72. The zero-order valence-electron chi connectivity index (χ0n) is 12.5. The van der Waals surface area contributed by atoms with Gasteiger partial charge in [-0.25, -0.2) is 0 Å². The number of carbonyl (C=O) groups excluding carboxylic acids is 1. The van der Waals surface area contributed by atoms with E-state index in [1.54, 1.807) is 4.68 Å². The maximum absolute atomic E-state index is 13.0. The Kier molecular flexibility index (Phi) is 3.75. The standard InChI is InChI=1S/C16H20N4O/c1-3-14-13(11-19(2)18-14)16(21)20-9-8-17-10-12-6-4-5-7-15(12)20/h4-7,11,17H,3,8-10H2,1-2H3. The van der Waals surface area contributed by atoms with Crippen LogP contribution in [-0.4, -0.2) is 28.8 Å². The fraction of sp³-hybridized carbons (Fsp3) is 0.375. The average molecular weight is 284 g/mol. The molecule has 0 saturated heterocycles. The molecule has 5 heteroatoms. The number of rotatable bonds is 2. The lowest BCUT2D eigenvalue weighted by Gasteiger charge is -2.22. The van der Waals surface area contributed by atoms with E-state index in [4.69, 9.17) is 0 Å². The molecule has 0 aliphatic carbocycles. The molecule has 110 valence electrons. The minimum absolute atomic E-state index is 0.0381. The number of amides is 1. The molecule has 0 fully saturated rings. The molecule has 1 aliphatic heterocycles. The van der Waals surface area contributed by atoms with Gasteiger partial charge in [0, 0.05) is 38.6 Å². The van der Waals surface area contributed by atoms with Crippen LogP contribution < -0.4 is 10.2 Å². The Morgan fingerprint density at radius 3 is 3.00 bits per heavy atom. The van der Waals surface area contributed by atoms with E-state index in [1.165, 1.54) is 0 Å². The van der Waals surface area contributed by atoms with E-state index in [2.05, 4.69) is 16.5 Å². The van der Waals surface area contributed by atoms with Crippen molar-refractivity contribution in [2.24, 2.45) is 7.05 Å². The number of aromatic nitrogens is 2. The second kappa shape index (κ2) is 5.69. The number of anilines is 1. The van der Waals surface area contributed by atoms with E-state index in [0.717, 1.165) is 36.5 Å². The Morgan fingerprint density at radius 1 is 1.38 bits per heavy atom. The van der Waals surface area contributed by atoms with Crippen molar-refractivity contribution in [3.8, 4) is 0 Å². The summed E-state index contributed by atoms with van der Waals surface area (Å²) in [5.41, 5.74) is 3.72. The Hall–Kier alpha value is -2.14. The molecule has 1 aromatic heterocycles. The van der Waals surface area contributed by atoms with Gasteiger partial charge in [-0.3, -0.25) is 9.48 Å². The van der Waals surface area contributed by atoms with Gasteiger partial charge in [0.15, 0.2) is 0 Å². The van der Waals surface area contributed by atoms with Crippen LogP contribution in [0.3, 0.4) is 0 Å². The second-order valence-corrected chi connectivity index (χ2v) is 5.28. The molecule has 2 aromatic rings. The summed E-state index contributed by atoms with van der Waals surface area (Å²) in [6, 6.07) is 8.07. The van der Waals surface area contributed by atoms with E-state index in [9.17, 15) is 4.79 Å². The predicted molar refractivity (Wildman–Crippen MR) is 82.4 cm³/mol. The number of para-hydroxylation sites is 1. The molecule has 3 rings (SSSR count). The number of hydrogen-bond donors (Lipinski definition) is 1. The Bertz CT molecular complexity index is 662. The first-order chi connectivity index (χ1) is 10.2. The van der Waals surface area contributed by atoms with Gasteiger partial charge in [0.1, 0.15) is 0 Å². The molecule has 1 aromatic carbocycles. The Morgan fingerprint density at radius 2 is 2.19 bits per heavy atom. The third-order valence-electron chi connectivity index (χ3n) is 3.83. The van der Waals surface area contributed by atoms with Gasteiger partial charge in [0.05, 0.1) is 11.3 Å². The Balaban J connectivity index is 2.01. The molecule has 2 heterocycles. The van der Waals surface area contributed by atoms with Crippen molar-refractivity contribution in [1.82, 2.24) is 15.1 Å². The van der Waals surface area contributed by atoms with Crippen molar-refractivity contribution in [3.05, 3.63) is 47.3 Å². The van der Waals surface area contributed by atoms with Crippen molar-refractivity contribution in [1.29, 1.82) is 0 Å². The average Bonchev–Trinajstić information content (AvgIpc) is 2.75. The van der Waals surface area contributed by atoms with Crippen LogP contribution in [-0.2, 0) is 20.0 Å². The molecule has 0 atom stereocenters. The molecule has 0 unspecified atom stereocenters. The summed E-state index contributed by atoms with van der Waals surface area (Å²) >= 11 is 0. The molecule has 0 radical (unpaired) electrons. The second-order valence-electron chi connectivity index (χ2n) is 5.28. The quantitative estimate of drug-likeness (QED) is 0.914. The van der Waals surface area contributed by atoms with Crippen LogP contribution >= 0.6 is 0 Å². The van der Waals surface area contributed by atoms with Gasteiger partial charge < -0.3 is 10.2 Å². The minimum Gasteiger partial charge on any atom is -0.311 e. The lowest BCUT2D eigenvalue weighted by molar-refractivity contribution is 0.0986. The van der Waals surface area contributed by atoms with Gasteiger partial charge >= 0.3 is 0 Å².